The first-order valence-electron chi connectivity index (χ1n) is 3.29. The van der Waals surface area contributed by atoms with Crippen LogP contribution in [0, 0.1) is 0 Å². The molecule has 0 radical (unpaired) electrons. The summed E-state index contributed by atoms with van der Waals surface area (Å²) in [6.07, 6.45) is 1.07. The molecule has 0 bridgehead atoms. The molecule has 1 unspecified atom stereocenters. The number of carbonyl (C=O) groups excluding carboxylic acids is 1. The van der Waals surface area contributed by atoms with Crippen molar-refractivity contribution in [1.82, 2.24) is 0 Å². The van der Waals surface area contributed by atoms with E-state index in [4.69, 9.17) is 15.2 Å². The Balaban J connectivity index is 2.35. The van der Waals surface area contributed by atoms with Crippen LogP contribution in [-0.4, -0.2) is 25.4 Å². The Bertz CT molecular complexity index is 118. The van der Waals surface area contributed by atoms with E-state index in [9.17, 15) is 4.79 Å². The smallest absolute Gasteiger partial charge is 0.246 e. The molecule has 2 N–H and O–H groups in total. The van der Waals surface area contributed by atoms with Crippen molar-refractivity contribution in [3.05, 3.63) is 0 Å². The van der Waals surface area contributed by atoms with Crippen LogP contribution in [0.25, 0.3) is 0 Å². The number of rotatable bonds is 1. The molecule has 0 saturated carbocycles. The van der Waals surface area contributed by atoms with Gasteiger partial charge >= 0.3 is 0 Å². The molecule has 1 aliphatic heterocycles. The summed E-state index contributed by atoms with van der Waals surface area (Å²) < 4.78 is 9.91. The predicted octanol–water partition coefficient (Wildman–Crippen LogP) is -0.375. The van der Waals surface area contributed by atoms with Crippen LogP contribution in [0.5, 0.6) is 0 Å². The molecule has 1 aliphatic rings. The number of primary amides is 1. The van der Waals surface area contributed by atoms with Crippen LogP contribution in [0.15, 0.2) is 0 Å². The molecule has 58 valence electrons. The van der Waals surface area contributed by atoms with Gasteiger partial charge in [0.2, 0.25) is 5.91 Å². The summed E-state index contributed by atoms with van der Waals surface area (Å²) in [4.78, 5) is 10.5. The fraction of sp³-hybridized carbons (Fsp3) is 0.833. The second-order valence-electron chi connectivity index (χ2n) is 2.23. The van der Waals surface area contributed by atoms with E-state index in [-0.39, 0.29) is 6.79 Å². The van der Waals surface area contributed by atoms with Gasteiger partial charge in [0, 0.05) is 6.61 Å². The minimum absolute atomic E-state index is 0.188. The zero-order chi connectivity index (χ0) is 7.40. The van der Waals surface area contributed by atoms with Gasteiger partial charge in [0.05, 0.1) is 0 Å². The number of hydrogen-bond donors (Lipinski definition) is 1. The van der Waals surface area contributed by atoms with E-state index in [1.165, 1.54) is 0 Å². The summed E-state index contributed by atoms with van der Waals surface area (Å²) in [6.45, 7) is 0.845. The van der Waals surface area contributed by atoms with Crippen LogP contribution in [0.1, 0.15) is 12.8 Å². The maximum atomic E-state index is 10.5. The van der Waals surface area contributed by atoms with Crippen molar-refractivity contribution in [3.8, 4) is 0 Å². The lowest BCUT2D eigenvalue weighted by molar-refractivity contribution is -0.136. The molecule has 1 atom stereocenters. The van der Waals surface area contributed by atoms with Crippen molar-refractivity contribution < 1.29 is 14.3 Å². The number of ether oxygens (including phenoxy) is 2. The summed E-state index contributed by atoms with van der Waals surface area (Å²) in [6, 6.07) is 0. The van der Waals surface area contributed by atoms with E-state index in [0.717, 1.165) is 6.42 Å². The number of amides is 1. The molecule has 1 saturated heterocycles. The first-order valence-corrected chi connectivity index (χ1v) is 3.29. The van der Waals surface area contributed by atoms with Crippen molar-refractivity contribution in [3.63, 3.8) is 0 Å². The molecule has 1 fully saturated rings. The Hall–Kier alpha value is -0.610. The molecule has 1 rings (SSSR count). The Kier molecular flexibility index (Phi) is 2.65. The SMILES string of the molecule is NC(=O)C1CCCOCO1. The predicted molar refractivity (Wildman–Crippen MR) is 34.1 cm³/mol. The van der Waals surface area contributed by atoms with E-state index >= 15 is 0 Å². The maximum absolute atomic E-state index is 10.5. The van der Waals surface area contributed by atoms with Crippen molar-refractivity contribution in [1.29, 1.82) is 0 Å². The average Bonchev–Trinajstić information content (AvgIpc) is 2.12. The first-order chi connectivity index (χ1) is 4.80. The van der Waals surface area contributed by atoms with Gasteiger partial charge in [-0.2, -0.15) is 0 Å². The lowest BCUT2D eigenvalue weighted by Gasteiger charge is -2.07. The van der Waals surface area contributed by atoms with Gasteiger partial charge in [-0.25, -0.2) is 0 Å². The summed E-state index contributed by atoms with van der Waals surface area (Å²) in [5.41, 5.74) is 5.02. The van der Waals surface area contributed by atoms with E-state index in [1.807, 2.05) is 0 Å². The van der Waals surface area contributed by atoms with Gasteiger partial charge in [-0.15, -0.1) is 0 Å². The third-order valence-electron chi connectivity index (χ3n) is 1.42. The van der Waals surface area contributed by atoms with E-state index < -0.39 is 12.0 Å². The highest BCUT2D eigenvalue weighted by atomic mass is 16.7. The highest BCUT2D eigenvalue weighted by Crippen LogP contribution is 2.06. The Morgan fingerprint density at radius 1 is 1.60 bits per heavy atom. The molecule has 0 aromatic rings. The van der Waals surface area contributed by atoms with Gasteiger partial charge in [-0.05, 0) is 12.8 Å². The van der Waals surface area contributed by atoms with Crippen LogP contribution in [0.3, 0.4) is 0 Å². The summed E-state index contributed by atoms with van der Waals surface area (Å²) in [7, 11) is 0. The van der Waals surface area contributed by atoms with Crippen LogP contribution in [0.4, 0.5) is 0 Å². The second kappa shape index (κ2) is 3.53. The molecule has 1 amide bonds. The van der Waals surface area contributed by atoms with Crippen LogP contribution >= 0.6 is 0 Å². The Morgan fingerprint density at radius 2 is 2.40 bits per heavy atom. The third-order valence-corrected chi connectivity index (χ3v) is 1.42. The van der Waals surface area contributed by atoms with Crippen molar-refractivity contribution in [2.75, 3.05) is 13.4 Å². The zero-order valence-corrected chi connectivity index (χ0v) is 5.71. The summed E-state index contributed by atoms with van der Waals surface area (Å²) >= 11 is 0. The number of carbonyl (C=O) groups is 1. The van der Waals surface area contributed by atoms with E-state index in [1.54, 1.807) is 0 Å². The number of nitrogens with two attached hydrogens (primary N) is 1. The normalized spacial score (nSPS) is 27.4. The van der Waals surface area contributed by atoms with Gasteiger partial charge in [0.1, 0.15) is 12.9 Å². The highest BCUT2D eigenvalue weighted by Gasteiger charge is 2.17. The molecule has 0 aliphatic carbocycles. The molecule has 10 heavy (non-hydrogen) atoms. The Morgan fingerprint density at radius 3 is 3.10 bits per heavy atom. The molecule has 0 spiro atoms. The minimum Gasteiger partial charge on any atom is -0.367 e. The standard InChI is InChI=1S/C6H11NO3/c7-6(8)5-2-1-3-9-4-10-5/h5H,1-4H2,(H2,7,8). The van der Waals surface area contributed by atoms with E-state index in [2.05, 4.69) is 0 Å². The maximum Gasteiger partial charge on any atom is 0.246 e. The Labute approximate surface area is 59.3 Å². The van der Waals surface area contributed by atoms with E-state index in [0.29, 0.717) is 13.0 Å². The average molecular weight is 145 g/mol. The van der Waals surface area contributed by atoms with Crippen molar-refractivity contribution in [2.45, 2.75) is 18.9 Å². The van der Waals surface area contributed by atoms with Crippen LogP contribution in [0.2, 0.25) is 0 Å². The van der Waals surface area contributed by atoms with Gasteiger partial charge in [-0.3, -0.25) is 4.79 Å². The topological polar surface area (TPSA) is 61.6 Å². The monoisotopic (exact) mass is 145 g/mol. The minimum atomic E-state index is -0.442. The quantitative estimate of drug-likeness (QED) is 0.547. The van der Waals surface area contributed by atoms with Crippen LogP contribution in [-0.2, 0) is 14.3 Å². The largest absolute Gasteiger partial charge is 0.367 e. The molecule has 1 heterocycles. The third kappa shape index (κ3) is 1.97. The van der Waals surface area contributed by atoms with Crippen LogP contribution < -0.4 is 5.73 Å². The first kappa shape index (κ1) is 7.50. The van der Waals surface area contributed by atoms with Crippen molar-refractivity contribution in [2.24, 2.45) is 5.73 Å². The lowest BCUT2D eigenvalue weighted by atomic mass is 10.2. The van der Waals surface area contributed by atoms with Crippen molar-refractivity contribution >= 4 is 5.91 Å². The lowest BCUT2D eigenvalue weighted by Crippen LogP contribution is -2.30. The van der Waals surface area contributed by atoms with Gasteiger partial charge in [0.25, 0.3) is 0 Å². The molecule has 0 aromatic carbocycles. The van der Waals surface area contributed by atoms with Gasteiger partial charge in [0.15, 0.2) is 0 Å². The molecular formula is C6H11NO3. The zero-order valence-electron chi connectivity index (χ0n) is 5.71. The molecular weight excluding hydrogens is 134 g/mol. The highest BCUT2D eigenvalue weighted by molar-refractivity contribution is 5.78. The fourth-order valence-corrected chi connectivity index (χ4v) is 0.868. The van der Waals surface area contributed by atoms with Gasteiger partial charge in [-0.1, -0.05) is 0 Å². The second-order valence-corrected chi connectivity index (χ2v) is 2.23. The summed E-state index contributed by atoms with van der Waals surface area (Å²) in [5, 5.41) is 0. The fourth-order valence-electron chi connectivity index (χ4n) is 0.868. The van der Waals surface area contributed by atoms with Gasteiger partial charge < -0.3 is 15.2 Å². The number of hydrogen-bond acceptors (Lipinski definition) is 3. The summed E-state index contributed by atoms with van der Waals surface area (Å²) in [5.74, 6) is -0.398. The molecule has 0 aromatic heterocycles. The molecule has 4 nitrogen and oxygen atoms in total. The molecule has 4 heteroatoms.